The molecule has 0 N–H and O–H groups in total. The minimum Gasteiger partial charge on any atom is -0.233 e. The molecule has 1 heterocycles. The number of halogens is 4. The van der Waals surface area contributed by atoms with E-state index in [2.05, 4.69) is 5.10 Å². The highest BCUT2D eigenvalue weighted by Crippen LogP contribution is 2.33. The van der Waals surface area contributed by atoms with Crippen LogP contribution in [0.25, 0.3) is 16.9 Å². The Hall–Kier alpha value is -2.27. The number of nitrogens with zero attached hydrogens (tertiary/aromatic N) is 2. The lowest BCUT2D eigenvalue weighted by atomic mass is 10.1. The fourth-order valence-electron chi connectivity index (χ4n) is 2.23. The van der Waals surface area contributed by atoms with Crippen molar-refractivity contribution in [1.82, 2.24) is 9.78 Å². The van der Waals surface area contributed by atoms with E-state index in [-0.39, 0.29) is 0 Å². The van der Waals surface area contributed by atoms with Crippen molar-refractivity contribution in [1.29, 1.82) is 0 Å². The average Bonchev–Trinajstić information content (AvgIpc) is 2.94. The Labute approximate surface area is 136 Å². The second-order valence-corrected chi connectivity index (χ2v) is 5.60. The molecule has 118 valence electrons. The zero-order valence-corrected chi connectivity index (χ0v) is 12.9. The van der Waals surface area contributed by atoms with Gasteiger partial charge >= 0.3 is 6.18 Å². The lowest BCUT2D eigenvalue weighted by Crippen LogP contribution is -2.07. The van der Waals surface area contributed by atoms with E-state index in [0.29, 0.717) is 22.0 Å². The first-order valence-electron chi connectivity index (χ1n) is 6.85. The summed E-state index contributed by atoms with van der Waals surface area (Å²) in [5.74, 6) is 0. The van der Waals surface area contributed by atoms with Crippen molar-refractivity contribution in [2.45, 2.75) is 13.1 Å². The molecule has 0 aliphatic rings. The second kappa shape index (κ2) is 5.74. The summed E-state index contributed by atoms with van der Waals surface area (Å²) in [5, 5.41) is 4.26. The van der Waals surface area contributed by atoms with Crippen LogP contribution in [0.5, 0.6) is 0 Å². The molecule has 0 fully saturated rings. The van der Waals surface area contributed by atoms with Crippen LogP contribution in [0.1, 0.15) is 11.3 Å². The summed E-state index contributed by atoms with van der Waals surface area (Å²) in [6.45, 7) is 1.91. The van der Waals surface area contributed by atoms with Crippen molar-refractivity contribution in [3.05, 3.63) is 70.9 Å². The minimum atomic E-state index is -4.50. The Bertz CT molecular complexity index is 756. The van der Waals surface area contributed by atoms with E-state index in [4.69, 9.17) is 11.6 Å². The quantitative estimate of drug-likeness (QED) is 0.602. The normalized spacial score (nSPS) is 11.7. The first-order valence-corrected chi connectivity index (χ1v) is 7.22. The Kier molecular flexibility index (Phi) is 3.90. The van der Waals surface area contributed by atoms with E-state index in [1.165, 1.54) is 4.68 Å². The summed E-state index contributed by atoms with van der Waals surface area (Å²) in [4.78, 5) is 0. The molecule has 0 amide bonds. The molecule has 0 spiro atoms. The Morgan fingerprint density at radius 2 is 1.57 bits per heavy atom. The van der Waals surface area contributed by atoms with E-state index >= 15 is 0 Å². The van der Waals surface area contributed by atoms with Crippen LogP contribution in [0, 0.1) is 6.92 Å². The molecule has 1 aromatic heterocycles. The SMILES string of the molecule is Cc1ccc(-n2nc(C(F)(F)F)cc2-c2ccc(Cl)cc2)cc1. The molecule has 2 aromatic carbocycles. The molecule has 23 heavy (non-hydrogen) atoms. The van der Waals surface area contributed by atoms with Crippen molar-refractivity contribution in [3.8, 4) is 16.9 Å². The zero-order valence-electron chi connectivity index (χ0n) is 12.1. The molecule has 0 atom stereocenters. The molecule has 0 radical (unpaired) electrons. The molecule has 2 nitrogen and oxygen atoms in total. The zero-order chi connectivity index (χ0) is 16.6. The fraction of sp³-hybridized carbons (Fsp3) is 0.118. The third-order valence-electron chi connectivity index (χ3n) is 3.42. The molecule has 6 heteroatoms. The molecular weight excluding hydrogens is 325 g/mol. The minimum absolute atomic E-state index is 0.359. The number of aryl methyl sites for hydroxylation is 1. The predicted octanol–water partition coefficient (Wildman–Crippen LogP) is 5.52. The van der Waals surface area contributed by atoms with Gasteiger partial charge in [0.2, 0.25) is 0 Å². The third kappa shape index (κ3) is 3.24. The van der Waals surface area contributed by atoms with Gasteiger partial charge in [0.25, 0.3) is 0 Å². The fourth-order valence-corrected chi connectivity index (χ4v) is 2.35. The first kappa shape index (κ1) is 15.6. The van der Waals surface area contributed by atoms with Gasteiger partial charge in [-0.1, -0.05) is 41.4 Å². The summed E-state index contributed by atoms with van der Waals surface area (Å²) in [6.07, 6.45) is -4.50. The number of benzene rings is 2. The third-order valence-corrected chi connectivity index (χ3v) is 3.67. The molecule has 0 saturated heterocycles. The van der Waals surface area contributed by atoms with E-state index < -0.39 is 11.9 Å². The van der Waals surface area contributed by atoms with Gasteiger partial charge in [0, 0.05) is 10.6 Å². The Morgan fingerprint density at radius 3 is 2.13 bits per heavy atom. The van der Waals surface area contributed by atoms with Gasteiger partial charge in [-0.15, -0.1) is 0 Å². The Morgan fingerprint density at radius 1 is 0.957 bits per heavy atom. The van der Waals surface area contributed by atoms with Crippen LogP contribution in [0.2, 0.25) is 5.02 Å². The monoisotopic (exact) mass is 336 g/mol. The van der Waals surface area contributed by atoms with E-state index in [9.17, 15) is 13.2 Å². The lowest BCUT2D eigenvalue weighted by molar-refractivity contribution is -0.141. The summed E-state index contributed by atoms with van der Waals surface area (Å²) >= 11 is 5.85. The number of hydrogen-bond donors (Lipinski definition) is 0. The number of alkyl halides is 3. The predicted molar refractivity (Wildman–Crippen MR) is 83.7 cm³/mol. The van der Waals surface area contributed by atoms with E-state index in [1.54, 1.807) is 36.4 Å². The molecular formula is C17H12ClF3N2. The van der Waals surface area contributed by atoms with E-state index in [0.717, 1.165) is 11.6 Å². The van der Waals surface area contributed by atoms with Gasteiger partial charge in [0.05, 0.1) is 11.4 Å². The van der Waals surface area contributed by atoms with Crippen LogP contribution in [0.15, 0.2) is 54.6 Å². The van der Waals surface area contributed by atoms with Crippen LogP contribution in [0.3, 0.4) is 0 Å². The van der Waals surface area contributed by atoms with Crippen molar-refractivity contribution < 1.29 is 13.2 Å². The molecule has 0 aliphatic carbocycles. The van der Waals surface area contributed by atoms with Gasteiger partial charge in [-0.2, -0.15) is 18.3 Å². The highest BCUT2D eigenvalue weighted by atomic mass is 35.5. The summed E-state index contributed by atoms with van der Waals surface area (Å²) in [7, 11) is 0. The molecule has 0 bridgehead atoms. The smallest absolute Gasteiger partial charge is 0.233 e. The van der Waals surface area contributed by atoms with Crippen molar-refractivity contribution >= 4 is 11.6 Å². The highest BCUT2D eigenvalue weighted by molar-refractivity contribution is 6.30. The maximum atomic E-state index is 13.0. The van der Waals surface area contributed by atoms with Crippen molar-refractivity contribution in [2.75, 3.05) is 0 Å². The van der Waals surface area contributed by atoms with Crippen LogP contribution in [0.4, 0.5) is 13.2 Å². The molecule has 0 saturated carbocycles. The largest absolute Gasteiger partial charge is 0.435 e. The number of rotatable bonds is 2. The first-order chi connectivity index (χ1) is 10.8. The Balaban J connectivity index is 2.18. The van der Waals surface area contributed by atoms with Crippen LogP contribution >= 0.6 is 11.6 Å². The second-order valence-electron chi connectivity index (χ2n) is 5.17. The van der Waals surface area contributed by atoms with Crippen molar-refractivity contribution in [3.63, 3.8) is 0 Å². The summed E-state index contributed by atoms with van der Waals surface area (Å²) in [5.41, 5.74) is 1.62. The maximum absolute atomic E-state index is 13.0. The van der Waals surface area contributed by atoms with Gasteiger partial charge in [-0.05, 0) is 37.3 Å². The summed E-state index contributed by atoms with van der Waals surface area (Å²) in [6, 6.07) is 14.8. The van der Waals surface area contributed by atoms with Crippen LogP contribution in [-0.4, -0.2) is 9.78 Å². The standard InChI is InChI=1S/C17H12ClF3N2/c1-11-2-8-14(9-3-11)23-15(10-16(22-23)17(19,20)21)12-4-6-13(18)7-5-12/h2-10H,1H3. The number of hydrogen-bond acceptors (Lipinski definition) is 1. The van der Waals surface area contributed by atoms with Gasteiger partial charge in [0.15, 0.2) is 5.69 Å². The molecule has 0 aliphatic heterocycles. The van der Waals surface area contributed by atoms with Gasteiger partial charge in [-0.3, -0.25) is 0 Å². The molecule has 3 aromatic rings. The van der Waals surface area contributed by atoms with Gasteiger partial charge in [-0.25, -0.2) is 4.68 Å². The maximum Gasteiger partial charge on any atom is 0.435 e. The van der Waals surface area contributed by atoms with Crippen LogP contribution in [-0.2, 0) is 6.18 Å². The lowest BCUT2D eigenvalue weighted by Gasteiger charge is -2.08. The van der Waals surface area contributed by atoms with Crippen molar-refractivity contribution in [2.24, 2.45) is 0 Å². The van der Waals surface area contributed by atoms with E-state index in [1.807, 2.05) is 19.1 Å². The molecule has 0 unspecified atom stereocenters. The highest BCUT2D eigenvalue weighted by Gasteiger charge is 2.35. The average molecular weight is 337 g/mol. The van der Waals surface area contributed by atoms with Crippen LogP contribution < -0.4 is 0 Å². The van der Waals surface area contributed by atoms with Gasteiger partial charge in [0.1, 0.15) is 0 Å². The van der Waals surface area contributed by atoms with Gasteiger partial charge < -0.3 is 0 Å². The molecule has 3 rings (SSSR count). The summed E-state index contributed by atoms with van der Waals surface area (Å²) < 4.78 is 40.4. The number of aromatic nitrogens is 2. The topological polar surface area (TPSA) is 17.8 Å².